The van der Waals surface area contributed by atoms with Crippen LogP contribution in [0.4, 0.5) is 11.4 Å². The molecule has 0 N–H and O–H groups in total. The molecule has 0 fully saturated rings. The normalized spacial score (nSPS) is 17.0. The third kappa shape index (κ3) is 2.35. The molecule has 118 valence electrons. The van der Waals surface area contributed by atoms with E-state index in [-0.39, 0.29) is 0 Å². The smallest absolute Gasteiger partial charge is 0.0718 e. The summed E-state index contributed by atoms with van der Waals surface area (Å²) in [5.41, 5.74) is 7.28. The van der Waals surface area contributed by atoms with Crippen molar-refractivity contribution in [2.24, 2.45) is 9.98 Å². The minimum absolute atomic E-state index is 0.520. The molecule has 5 rings (SSSR count). The highest BCUT2D eigenvalue weighted by Crippen LogP contribution is 2.35. The molecule has 0 amide bonds. The summed E-state index contributed by atoms with van der Waals surface area (Å²) in [6.07, 6.45) is 0. The van der Waals surface area contributed by atoms with Crippen molar-refractivity contribution in [1.29, 1.82) is 0 Å². The van der Waals surface area contributed by atoms with E-state index >= 15 is 0 Å². The topological polar surface area (TPSA) is 24.7 Å². The third-order valence-corrected chi connectivity index (χ3v) is 4.89. The molecule has 0 spiro atoms. The summed E-state index contributed by atoms with van der Waals surface area (Å²) in [7, 11) is 0. The van der Waals surface area contributed by atoms with Gasteiger partial charge in [0.2, 0.25) is 0 Å². The highest BCUT2D eigenvalue weighted by Gasteiger charge is 2.18. The van der Waals surface area contributed by atoms with Crippen molar-refractivity contribution in [2.75, 3.05) is 0 Å². The standard InChI is InChI=1S/C12H9N.C10H11N/c1-8-10-6-2-4-9-5-3-7-11(13-8)12(9)10;1-7-8(2)11-10-6-4-3-5-9(7)10/h2-7H,1H3;3-7H,1-2H3. The lowest BCUT2D eigenvalue weighted by Gasteiger charge is -2.02. The third-order valence-electron chi connectivity index (χ3n) is 4.89. The molecular formula is C22H20N2. The fraction of sp³-hybridized carbons (Fsp3) is 0.182. The van der Waals surface area contributed by atoms with Crippen molar-refractivity contribution < 1.29 is 0 Å². The van der Waals surface area contributed by atoms with Crippen molar-refractivity contribution >= 4 is 33.6 Å². The van der Waals surface area contributed by atoms with Crippen LogP contribution in [0.15, 0.2) is 70.6 Å². The van der Waals surface area contributed by atoms with Crippen LogP contribution in [0, 0.1) is 0 Å². The number of para-hydroxylation sites is 1. The molecule has 2 heteroatoms. The van der Waals surface area contributed by atoms with Crippen LogP contribution >= 0.6 is 0 Å². The quantitative estimate of drug-likeness (QED) is 0.473. The largest absolute Gasteiger partial charge is 0.257 e. The Kier molecular flexibility index (Phi) is 3.53. The Morgan fingerprint density at radius 1 is 0.750 bits per heavy atom. The van der Waals surface area contributed by atoms with Crippen LogP contribution in [-0.4, -0.2) is 11.4 Å². The average molecular weight is 312 g/mol. The van der Waals surface area contributed by atoms with Crippen LogP contribution in [0.2, 0.25) is 0 Å². The highest BCUT2D eigenvalue weighted by atomic mass is 14.8. The number of nitrogens with zero attached hydrogens (tertiary/aromatic N) is 2. The van der Waals surface area contributed by atoms with Gasteiger partial charge in [0.05, 0.1) is 11.4 Å². The van der Waals surface area contributed by atoms with Crippen LogP contribution in [0.5, 0.6) is 0 Å². The molecule has 0 saturated heterocycles. The Hall–Kier alpha value is -2.74. The number of rotatable bonds is 0. The molecule has 2 aliphatic heterocycles. The van der Waals surface area contributed by atoms with E-state index in [0.29, 0.717) is 5.92 Å². The zero-order valence-corrected chi connectivity index (χ0v) is 14.2. The van der Waals surface area contributed by atoms with Crippen LogP contribution in [0.3, 0.4) is 0 Å². The van der Waals surface area contributed by atoms with Crippen molar-refractivity contribution in [1.82, 2.24) is 0 Å². The molecule has 3 aromatic carbocycles. The maximum Gasteiger partial charge on any atom is 0.0718 e. The van der Waals surface area contributed by atoms with Crippen molar-refractivity contribution in [2.45, 2.75) is 26.7 Å². The zero-order chi connectivity index (χ0) is 16.7. The number of hydrogen-bond acceptors (Lipinski definition) is 2. The van der Waals surface area contributed by atoms with Gasteiger partial charge in [-0.2, -0.15) is 0 Å². The van der Waals surface area contributed by atoms with Gasteiger partial charge in [0.25, 0.3) is 0 Å². The van der Waals surface area contributed by atoms with Crippen LogP contribution < -0.4 is 0 Å². The number of benzene rings is 3. The van der Waals surface area contributed by atoms with Gasteiger partial charge in [-0.3, -0.25) is 9.98 Å². The molecular weight excluding hydrogens is 292 g/mol. The van der Waals surface area contributed by atoms with Gasteiger partial charge in [-0.15, -0.1) is 0 Å². The van der Waals surface area contributed by atoms with Crippen LogP contribution in [-0.2, 0) is 0 Å². The number of hydrogen-bond donors (Lipinski definition) is 0. The van der Waals surface area contributed by atoms with E-state index in [1.54, 1.807) is 0 Å². The van der Waals surface area contributed by atoms with Crippen LogP contribution in [0.1, 0.15) is 37.8 Å². The molecule has 1 unspecified atom stereocenters. The molecule has 2 nitrogen and oxygen atoms in total. The van der Waals surface area contributed by atoms with Gasteiger partial charge in [0.1, 0.15) is 0 Å². The average Bonchev–Trinajstić information content (AvgIpc) is 3.08. The van der Waals surface area contributed by atoms with E-state index in [4.69, 9.17) is 0 Å². The SMILES string of the molecule is CC1=Nc2cccc3cccc1c23.CC1=Nc2ccccc2C1C. The van der Waals surface area contributed by atoms with Gasteiger partial charge in [0.15, 0.2) is 0 Å². The Labute approximate surface area is 142 Å². The Bertz CT molecular complexity index is 991. The van der Waals surface area contributed by atoms with Gasteiger partial charge in [0, 0.05) is 28.3 Å². The molecule has 0 aromatic heterocycles. The lowest BCUT2D eigenvalue weighted by atomic mass is 9.99. The van der Waals surface area contributed by atoms with E-state index in [9.17, 15) is 0 Å². The first-order valence-corrected chi connectivity index (χ1v) is 8.36. The monoisotopic (exact) mass is 312 g/mol. The van der Waals surface area contributed by atoms with Gasteiger partial charge >= 0.3 is 0 Å². The molecule has 2 aliphatic rings. The van der Waals surface area contributed by atoms with Gasteiger partial charge in [-0.05, 0) is 36.9 Å². The van der Waals surface area contributed by atoms with E-state index in [2.05, 4.69) is 85.4 Å². The Morgan fingerprint density at radius 3 is 2.25 bits per heavy atom. The maximum atomic E-state index is 4.51. The van der Waals surface area contributed by atoms with Gasteiger partial charge in [-0.1, -0.05) is 55.5 Å². The zero-order valence-electron chi connectivity index (χ0n) is 14.2. The summed E-state index contributed by atoms with van der Waals surface area (Å²) in [5, 5.41) is 2.60. The molecule has 1 atom stereocenters. The second-order valence-electron chi connectivity index (χ2n) is 6.41. The second kappa shape index (κ2) is 5.72. The lowest BCUT2D eigenvalue weighted by molar-refractivity contribution is 1.05. The first-order chi connectivity index (χ1) is 11.6. The summed E-state index contributed by atoms with van der Waals surface area (Å²) < 4.78 is 0. The molecule has 2 heterocycles. The van der Waals surface area contributed by atoms with Gasteiger partial charge in [-0.25, -0.2) is 0 Å². The summed E-state index contributed by atoms with van der Waals surface area (Å²) in [5.74, 6) is 0.520. The van der Waals surface area contributed by atoms with Crippen molar-refractivity contribution in [3.8, 4) is 0 Å². The van der Waals surface area contributed by atoms with E-state index in [1.807, 2.05) is 6.07 Å². The number of aliphatic imine (C=N–C) groups is 2. The van der Waals surface area contributed by atoms with E-state index < -0.39 is 0 Å². The first-order valence-electron chi connectivity index (χ1n) is 8.36. The lowest BCUT2D eigenvalue weighted by Crippen LogP contribution is -1.97. The molecule has 0 saturated carbocycles. The van der Waals surface area contributed by atoms with Crippen molar-refractivity contribution in [3.05, 3.63) is 71.8 Å². The van der Waals surface area contributed by atoms with Crippen LogP contribution in [0.25, 0.3) is 10.8 Å². The number of fused-ring (bicyclic) bond motifs is 1. The fourth-order valence-electron chi connectivity index (χ4n) is 3.42. The van der Waals surface area contributed by atoms with E-state index in [1.165, 1.54) is 27.6 Å². The minimum Gasteiger partial charge on any atom is -0.257 e. The predicted molar refractivity (Wildman–Crippen MR) is 103 cm³/mol. The van der Waals surface area contributed by atoms with E-state index in [0.717, 1.165) is 17.1 Å². The second-order valence-corrected chi connectivity index (χ2v) is 6.41. The van der Waals surface area contributed by atoms with Gasteiger partial charge < -0.3 is 0 Å². The summed E-state index contributed by atoms with van der Waals surface area (Å²) >= 11 is 0. The molecule has 3 aromatic rings. The molecule has 0 radical (unpaired) electrons. The predicted octanol–water partition coefficient (Wildman–Crippen LogP) is 6.19. The van der Waals surface area contributed by atoms with Crippen molar-refractivity contribution in [3.63, 3.8) is 0 Å². The fourth-order valence-corrected chi connectivity index (χ4v) is 3.42. The summed E-state index contributed by atoms with van der Waals surface area (Å²) in [4.78, 5) is 8.96. The summed E-state index contributed by atoms with van der Waals surface area (Å²) in [6, 6.07) is 21.0. The molecule has 0 aliphatic carbocycles. The first kappa shape index (κ1) is 14.8. The molecule has 24 heavy (non-hydrogen) atoms. The summed E-state index contributed by atoms with van der Waals surface area (Å²) in [6.45, 7) is 6.35. The Balaban J connectivity index is 0.000000123. The minimum atomic E-state index is 0.520. The molecule has 0 bridgehead atoms. The maximum absolute atomic E-state index is 4.51. The highest BCUT2D eigenvalue weighted by molar-refractivity contribution is 6.18. The Morgan fingerprint density at radius 2 is 1.46 bits per heavy atom.